The molecule has 0 amide bonds. The highest BCUT2D eigenvalue weighted by atomic mass is 35.5. The lowest BCUT2D eigenvalue weighted by Crippen LogP contribution is -2.10. The number of imidazole rings is 1. The summed E-state index contributed by atoms with van der Waals surface area (Å²) in [5, 5.41) is 0.586. The molecule has 4 rings (SSSR count). The van der Waals surface area contributed by atoms with E-state index in [4.69, 9.17) is 35.5 Å². The number of fused-ring (bicyclic) bond motifs is 1. The Hall–Kier alpha value is -3.38. The van der Waals surface area contributed by atoms with Crippen molar-refractivity contribution in [3.63, 3.8) is 0 Å². The average molecular weight is 439 g/mol. The summed E-state index contributed by atoms with van der Waals surface area (Å²) < 4.78 is 24.5. The normalized spacial score (nSPS) is 10.8. The summed E-state index contributed by atoms with van der Waals surface area (Å²) in [6.07, 6.45) is 0. The third-order valence-corrected chi connectivity index (χ3v) is 5.30. The Morgan fingerprint density at radius 2 is 1.52 bits per heavy atom. The molecule has 0 bridgehead atoms. The number of methoxy groups -OCH3 is 3. The fraction of sp³-hybridized carbons (Fsp3) is 0.208. The number of nitrogens with zero attached hydrogens (tertiary/aromatic N) is 2. The highest BCUT2D eigenvalue weighted by Crippen LogP contribution is 2.41. The number of rotatable bonds is 8. The SMILES string of the molecule is COc1cc(-c2nc3ccccc3n2CCOc2ccccc2Cl)cc(OC)c1OC. The number of ether oxygens (including phenoxy) is 4. The van der Waals surface area contributed by atoms with Crippen LogP contribution in [-0.2, 0) is 6.54 Å². The van der Waals surface area contributed by atoms with E-state index in [2.05, 4.69) is 4.57 Å². The summed E-state index contributed by atoms with van der Waals surface area (Å²) in [7, 11) is 4.78. The number of aromatic nitrogens is 2. The van der Waals surface area contributed by atoms with Crippen molar-refractivity contribution >= 4 is 22.6 Å². The smallest absolute Gasteiger partial charge is 0.203 e. The fourth-order valence-electron chi connectivity index (χ4n) is 3.54. The first kappa shape index (κ1) is 20.9. The van der Waals surface area contributed by atoms with Gasteiger partial charge >= 0.3 is 0 Å². The molecule has 0 atom stereocenters. The number of hydrogen-bond acceptors (Lipinski definition) is 5. The summed E-state index contributed by atoms with van der Waals surface area (Å²) in [4.78, 5) is 4.86. The van der Waals surface area contributed by atoms with Crippen molar-refractivity contribution in [2.75, 3.05) is 27.9 Å². The first-order chi connectivity index (χ1) is 15.2. The van der Waals surface area contributed by atoms with Crippen LogP contribution in [0.25, 0.3) is 22.4 Å². The number of benzene rings is 3. The molecule has 0 N–H and O–H groups in total. The summed E-state index contributed by atoms with van der Waals surface area (Å²) in [6.45, 7) is 1.01. The predicted octanol–water partition coefficient (Wildman–Crippen LogP) is 5.46. The van der Waals surface area contributed by atoms with Gasteiger partial charge in [-0.2, -0.15) is 0 Å². The fourth-order valence-corrected chi connectivity index (χ4v) is 3.73. The van der Waals surface area contributed by atoms with Crippen molar-refractivity contribution in [1.82, 2.24) is 9.55 Å². The van der Waals surface area contributed by atoms with Crippen LogP contribution in [0.2, 0.25) is 5.02 Å². The zero-order valence-electron chi connectivity index (χ0n) is 17.6. The minimum Gasteiger partial charge on any atom is -0.493 e. The van der Waals surface area contributed by atoms with Gasteiger partial charge in [0.05, 0.1) is 43.9 Å². The van der Waals surface area contributed by atoms with Gasteiger partial charge in [-0.25, -0.2) is 4.98 Å². The van der Waals surface area contributed by atoms with E-state index in [9.17, 15) is 0 Å². The zero-order valence-corrected chi connectivity index (χ0v) is 18.3. The lowest BCUT2D eigenvalue weighted by atomic mass is 10.1. The second-order valence-corrected chi connectivity index (χ2v) is 7.18. The van der Waals surface area contributed by atoms with Crippen LogP contribution >= 0.6 is 11.6 Å². The molecule has 0 saturated carbocycles. The topological polar surface area (TPSA) is 54.7 Å². The van der Waals surface area contributed by atoms with E-state index in [-0.39, 0.29) is 0 Å². The summed E-state index contributed by atoms with van der Waals surface area (Å²) in [6, 6.07) is 19.2. The summed E-state index contributed by atoms with van der Waals surface area (Å²) in [5.74, 6) is 3.12. The van der Waals surface area contributed by atoms with E-state index >= 15 is 0 Å². The average Bonchev–Trinajstić information content (AvgIpc) is 3.18. The maximum Gasteiger partial charge on any atom is 0.203 e. The molecule has 6 nitrogen and oxygen atoms in total. The molecular weight excluding hydrogens is 416 g/mol. The lowest BCUT2D eigenvalue weighted by Gasteiger charge is -2.15. The number of hydrogen-bond donors (Lipinski definition) is 0. The Bertz CT molecular complexity index is 1180. The predicted molar refractivity (Wildman–Crippen MR) is 122 cm³/mol. The highest BCUT2D eigenvalue weighted by molar-refractivity contribution is 6.32. The Morgan fingerprint density at radius 1 is 0.839 bits per heavy atom. The highest BCUT2D eigenvalue weighted by Gasteiger charge is 2.19. The molecule has 3 aromatic carbocycles. The lowest BCUT2D eigenvalue weighted by molar-refractivity contribution is 0.301. The number of halogens is 1. The quantitative estimate of drug-likeness (QED) is 0.365. The minimum atomic E-state index is 0.432. The van der Waals surface area contributed by atoms with Crippen LogP contribution in [0.1, 0.15) is 0 Å². The monoisotopic (exact) mass is 438 g/mol. The van der Waals surface area contributed by atoms with Crippen molar-refractivity contribution in [3.05, 3.63) is 65.7 Å². The van der Waals surface area contributed by atoms with Gasteiger partial charge in [-0.3, -0.25) is 0 Å². The van der Waals surface area contributed by atoms with Crippen molar-refractivity contribution in [3.8, 4) is 34.4 Å². The van der Waals surface area contributed by atoms with Crippen LogP contribution < -0.4 is 18.9 Å². The van der Waals surface area contributed by atoms with E-state index in [0.717, 1.165) is 22.4 Å². The molecule has 1 aromatic heterocycles. The Balaban J connectivity index is 1.74. The largest absolute Gasteiger partial charge is 0.493 e. The maximum absolute atomic E-state index is 6.22. The molecule has 31 heavy (non-hydrogen) atoms. The van der Waals surface area contributed by atoms with Gasteiger partial charge in [0, 0.05) is 5.56 Å². The molecule has 0 unspecified atom stereocenters. The first-order valence-electron chi connectivity index (χ1n) is 9.79. The van der Waals surface area contributed by atoms with Crippen LogP contribution in [0.4, 0.5) is 0 Å². The van der Waals surface area contributed by atoms with Crippen molar-refractivity contribution in [2.24, 2.45) is 0 Å². The Kier molecular flexibility index (Phi) is 6.18. The zero-order chi connectivity index (χ0) is 21.8. The molecule has 0 radical (unpaired) electrons. The minimum absolute atomic E-state index is 0.432. The van der Waals surface area contributed by atoms with Crippen molar-refractivity contribution in [1.29, 1.82) is 0 Å². The van der Waals surface area contributed by atoms with Crippen LogP contribution in [0.3, 0.4) is 0 Å². The summed E-state index contributed by atoms with van der Waals surface area (Å²) >= 11 is 6.22. The van der Waals surface area contributed by atoms with Gasteiger partial charge in [0.15, 0.2) is 11.5 Å². The van der Waals surface area contributed by atoms with Gasteiger partial charge in [-0.1, -0.05) is 35.9 Å². The van der Waals surface area contributed by atoms with E-state index < -0.39 is 0 Å². The molecule has 160 valence electrons. The second kappa shape index (κ2) is 9.18. The second-order valence-electron chi connectivity index (χ2n) is 6.77. The van der Waals surface area contributed by atoms with Crippen molar-refractivity contribution in [2.45, 2.75) is 6.54 Å². The standard InChI is InChI=1S/C24H23ClN2O4/c1-28-21-14-16(15-22(29-2)23(21)30-3)24-26-18-9-5-6-10-19(18)27(24)12-13-31-20-11-7-4-8-17(20)25/h4-11,14-15H,12-13H2,1-3H3. The molecular formula is C24H23ClN2O4. The first-order valence-corrected chi connectivity index (χ1v) is 10.2. The van der Waals surface area contributed by atoms with E-state index in [1.165, 1.54) is 0 Å². The van der Waals surface area contributed by atoms with Gasteiger partial charge in [-0.15, -0.1) is 0 Å². The van der Waals surface area contributed by atoms with Crippen LogP contribution in [0, 0.1) is 0 Å². The molecule has 0 aliphatic carbocycles. The Labute approximate surface area is 185 Å². The van der Waals surface area contributed by atoms with Gasteiger partial charge in [-0.05, 0) is 36.4 Å². The van der Waals surface area contributed by atoms with Crippen molar-refractivity contribution < 1.29 is 18.9 Å². The molecule has 0 aliphatic heterocycles. The van der Waals surface area contributed by atoms with E-state index in [1.54, 1.807) is 21.3 Å². The van der Waals surface area contributed by atoms with E-state index in [1.807, 2.05) is 60.7 Å². The Morgan fingerprint density at radius 3 is 2.19 bits per heavy atom. The third kappa shape index (κ3) is 4.11. The van der Waals surface area contributed by atoms with Crippen LogP contribution in [-0.4, -0.2) is 37.5 Å². The molecule has 0 saturated heterocycles. The summed E-state index contributed by atoms with van der Waals surface area (Å²) in [5.41, 5.74) is 2.75. The van der Waals surface area contributed by atoms with Crippen LogP contribution in [0.15, 0.2) is 60.7 Å². The van der Waals surface area contributed by atoms with Crippen LogP contribution in [0.5, 0.6) is 23.0 Å². The van der Waals surface area contributed by atoms with Gasteiger partial charge < -0.3 is 23.5 Å². The molecule has 7 heteroatoms. The van der Waals surface area contributed by atoms with E-state index in [0.29, 0.717) is 41.2 Å². The molecule has 0 fully saturated rings. The molecule has 0 spiro atoms. The van der Waals surface area contributed by atoms with Gasteiger partial charge in [0.25, 0.3) is 0 Å². The molecule has 0 aliphatic rings. The molecule has 1 heterocycles. The van der Waals surface area contributed by atoms with Gasteiger partial charge in [0.1, 0.15) is 18.2 Å². The maximum atomic E-state index is 6.22. The number of para-hydroxylation sites is 3. The van der Waals surface area contributed by atoms with Gasteiger partial charge in [0.2, 0.25) is 5.75 Å². The third-order valence-electron chi connectivity index (χ3n) is 4.99. The molecule has 4 aromatic rings.